The van der Waals surface area contributed by atoms with Gasteiger partial charge in [0.25, 0.3) is 5.56 Å². The van der Waals surface area contributed by atoms with Crippen LogP contribution in [0.15, 0.2) is 21.9 Å². The first-order valence-corrected chi connectivity index (χ1v) is 11.3. The normalized spacial score (nSPS) is 27.6. The van der Waals surface area contributed by atoms with Gasteiger partial charge in [0.2, 0.25) is 0 Å². The van der Waals surface area contributed by atoms with E-state index in [1.165, 1.54) is 6.20 Å². The van der Waals surface area contributed by atoms with E-state index < -0.39 is 50.8 Å². The molecule has 1 aromatic rings. The molecule has 1 fully saturated rings. The molecule has 1 saturated heterocycles. The van der Waals surface area contributed by atoms with Gasteiger partial charge in [-0.05, 0) is 18.1 Å². The van der Waals surface area contributed by atoms with E-state index in [4.69, 9.17) is 9.16 Å². The van der Waals surface area contributed by atoms with Crippen LogP contribution in [0.3, 0.4) is 0 Å². The first-order valence-electron chi connectivity index (χ1n) is 8.43. The number of rotatable bonds is 6. The highest BCUT2D eigenvalue weighted by molar-refractivity contribution is 6.74. The molecule has 0 unspecified atom stereocenters. The zero-order chi connectivity index (χ0) is 19.0. The Morgan fingerprint density at radius 2 is 2.08 bits per heavy atom. The Hall–Kier alpha value is -1.29. The summed E-state index contributed by atoms with van der Waals surface area (Å²) in [5.74, 6) is 0. The third kappa shape index (κ3) is 3.79. The molecule has 1 aliphatic rings. The van der Waals surface area contributed by atoms with E-state index in [1.54, 1.807) is 0 Å². The molecule has 0 aliphatic carbocycles. The quantitative estimate of drug-likeness (QED) is 0.737. The average molecular weight is 374 g/mol. The molecular weight excluding hydrogens is 347 g/mol. The second-order valence-corrected chi connectivity index (χ2v) is 12.1. The molecule has 7 nitrogen and oxygen atoms in total. The summed E-state index contributed by atoms with van der Waals surface area (Å²) in [6.45, 7) is 9.83. The van der Waals surface area contributed by atoms with Gasteiger partial charge in [-0.15, -0.1) is 0 Å². The smallest absolute Gasteiger partial charge is 0.330 e. The molecule has 142 valence electrons. The van der Waals surface area contributed by atoms with E-state index >= 15 is 4.39 Å². The number of nitrogens with zero attached hydrogens (tertiary/aromatic N) is 1. The number of hydrogen-bond acceptors (Lipinski definition) is 5. The van der Waals surface area contributed by atoms with Crippen LogP contribution in [-0.2, 0) is 9.16 Å². The zero-order valence-electron chi connectivity index (χ0n) is 15.3. The number of nitrogens with one attached hydrogen (secondary N) is 1. The van der Waals surface area contributed by atoms with Crippen LogP contribution in [0.25, 0.3) is 0 Å². The number of aromatic nitrogens is 2. The highest BCUT2D eigenvalue weighted by Gasteiger charge is 2.51. The van der Waals surface area contributed by atoms with E-state index in [1.807, 2.05) is 13.1 Å². The Balaban J connectivity index is 2.31. The largest absolute Gasteiger partial charge is 0.408 e. The van der Waals surface area contributed by atoms with Crippen LogP contribution in [0.4, 0.5) is 4.39 Å². The van der Waals surface area contributed by atoms with Crippen molar-refractivity contribution >= 4 is 8.32 Å². The number of aliphatic hydroxyl groups excluding tert-OH is 1. The molecule has 9 heteroatoms. The molecule has 0 aromatic carbocycles. The van der Waals surface area contributed by atoms with E-state index in [0.29, 0.717) is 0 Å². The summed E-state index contributed by atoms with van der Waals surface area (Å²) in [4.78, 5) is 25.2. The molecule has 0 saturated carbocycles. The first kappa shape index (κ1) is 20.0. The Labute approximate surface area is 146 Å². The van der Waals surface area contributed by atoms with E-state index in [2.05, 4.69) is 25.8 Å². The fraction of sp³-hybridized carbons (Fsp3) is 0.750. The fourth-order valence-electron chi connectivity index (χ4n) is 2.76. The van der Waals surface area contributed by atoms with Crippen LogP contribution in [0, 0.1) is 0 Å². The van der Waals surface area contributed by atoms with Crippen LogP contribution in [-0.4, -0.2) is 48.0 Å². The molecule has 1 aliphatic heterocycles. The number of alkyl halides is 1. The third-order valence-electron chi connectivity index (χ3n) is 5.52. The molecule has 2 rings (SSSR count). The van der Waals surface area contributed by atoms with Gasteiger partial charge in [-0.25, -0.2) is 9.18 Å². The average Bonchev–Trinajstić information content (AvgIpc) is 2.83. The number of aliphatic hydroxyl groups is 1. The van der Waals surface area contributed by atoms with Gasteiger partial charge in [0.1, 0.15) is 12.2 Å². The Bertz CT molecular complexity index is 717. The molecule has 0 amide bonds. The van der Waals surface area contributed by atoms with Gasteiger partial charge in [0.05, 0.1) is 6.61 Å². The minimum Gasteiger partial charge on any atom is -0.408 e. The Morgan fingerprint density at radius 1 is 1.44 bits per heavy atom. The maximum Gasteiger partial charge on any atom is 0.330 e. The van der Waals surface area contributed by atoms with Gasteiger partial charge >= 0.3 is 5.69 Å². The first-order chi connectivity index (χ1) is 11.5. The van der Waals surface area contributed by atoms with Crippen molar-refractivity contribution in [1.29, 1.82) is 0 Å². The molecule has 2 N–H and O–H groups in total. The molecule has 0 spiro atoms. The number of halogens is 1. The number of ether oxygens (including phenoxy) is 1. The lowest BCUT2D eigenvalue weighted by atomic mass is 10.1. The van der Waals surface area contributed by atoms with Gasteiger partial charge in [-0.1, -0.05) is 27.2 Å². The highest BCUT2D eigenvalue weighted by atomic mass is 28.4. The van der Waals surface area contributed by atoms with E-state index in [9.17, 15) is 14.7 Å². The maximum atomic E-state index is 15.1. The van der Waals surface area contributed by atoms with Crippen molar-refractivity contribution in [3.8, 4) is 0 Å². The summed E-state index contributed by atoms with van der Waals surface area (Å²) in [7, 11) is -2.33. The lowest BCUT2D eigenvalue weighted by molar-refractivity contribution is -0.0479. The summed E-state index contributed by atoms with van der Waals surface area (Å²) in [5, 5.41) is 9.49. The van der Waals surface area contributed by atoms with Crippen LogP contribution >= 0.6 is 0 Å². The van der Waals surface area contributed by atoms with E-state index in [-0.39, 0.29) is 5.04 Å². The van der Waals surface area contributed by atoms with Crippen molar-refractivity contribution in [1.82, 2.24) is 9.55 Å². The second kappa shape index (κ2) is 7.14. The van der Waals surface area contributed by atoms with Gasteiger partial charge in [0.15, 0.2) is 20.7 Å². The predicted molar refractivity (Wildman–Crippen MR) is 93.9 cm³/mol. The van der Waals surface area contributed by atoms with Crippen LogP contribution < -0.4 is 11.2 Å². The lowest BCUT2D eigenvalue weighted by Crippen LogP contribution is -2.49. The third-order valence-corrected chi connectivity index (χ3v) is 9.99. The molecule has 0 radical (unpaired) electrons. The predicted octanol–water partition coefficient (Wildman–Crippen LogP) is 1.54. The topological polar surface area (TPSA) is 93.6 Å². The summed E-state index contributed by atoms with van der Waals surface area (Å²) < 4.78 is 27.8. The SMILES string of the molecule is CCC(C)(C)[Si](C)(C)O[C@H]1[C@@H](F)[C@H](n2ccc(=O)[nH]c2=O)O[C@@H]1CO. The number of aromatic amines is 1. The summed E-state index contributed by atoms with van der Waals surface area (Å²) in [6, 6.07) is 1.12. The van der Waals surface area contributed by atoms with Crippen molar-refractivity contribution in [2.24, 2.45) is 0 Å². The number of H-pyrrole nitrogens is 1. The van der Waals surface area contributed by atoms with Crippen LogP contribution in [0.1, 0.15) is 33.4 Å². The van der Waals surface area contributed by atoms with Crippen molar-refractivity contribution in [3.63, 3.8) is 0 Å². The van der Waals surface area contributed by atoms with E-state index in [0.717, 1.165) is 17.1 Å². The monoisotopic (exact) mass is 374 g/mol. The van der Waals surface area contributed by atoms with Gasteiger partial charge < -0.3 is 14.3 Å². The van der Waals surface area contributed by atoms with Gasteiger partial charge in [0, 0.05) is 12.3 Å². The molecule has 0 bridgehead atoms. The fourth-order valence-corrected chi connectivity index (χ4v) is 4.89. The summed E-state index contributed by atoms with van der Waals surface area (Å²) >= 11 is 0. The van der Waals surface area contributed by atoms with Crippen molar-refractivity contribution < 1.29 is 18.7 Å². The zero-order valence-corrected chi connectivity index (χ0v) is 16.3. The van der Waals surface area contributed by atoms with Crippen LogP contribution in [0.2, 0.25) is 18.1 Å². The summed E-state index contributed by atoms with van der Waals surface area (Å²) in [6.07, 6.45) is -2.67. The molecule has 1 aromatic heterocycles. The minimum absolute atomic E-state index is 0.0976. The molecule has 2 heterocycles. The number of hydrogen-bond donors (Lipinski definition) is 2. The molecular formula is C16H27FN2O5Si. The standard InChI is InChI=1S/C16H27FN2O5Si/c1-6-16(2,3)25(4,5)24-13-10(9-20)23-14(12(13)17)19-8-7-11(21)18-15(19)22/h7-8,10,12-14,20H,6,9H2,1-5H3,(H,18,21,22)/t10-,12-,13-,14-/m1/s1. The van der Waals surface area contributed by atoms with Crippen molar-refractivity contribution in [3.05, 3.63) is 33.1 Å². The Kier molecular flexibility index (Phi) is 5.72. The Morgan fingerprint density at radius 3 is 2.60 bits per heavy atom. The van der Waals surface area contributed by atoms with Crippen molar-refractivity contribution in [2.45, 2.75) is 69.9 Å². The van der Waals surface area contributed by atoms with Crippen molar-refractivity contribution in [2.75, 3.05) is 6.61 Å². The lowest BCUT2D eigenvalue weighted by Gasteiger charge is -2.41. The summed E-state index contributed by atoms with van der Waals surface area (Å²) in [5.41, 5.74) is -1.33. The maximum absolute atomic E-state index is 15.1. The minimum atomic E-state index is -2.33. The van der Waals surface area contributed by atoms with Gasteiger partial charge in [-0.3, -0.25) is 14.3 Å². The highest BCUT2D eigenvalue weighted by Crippen LogP contribution is 2.44. The second-order valence-electron chi connectivity index (χ2n) is 7.54. The van der Waals surface area contributed by atoms with Gasteiger partial charge in [-0.2, -0.15) is 0 Å². The molecule has 4 atom stereocenters. The van der Waals surface area contributed by atoms with Crippen LogP contribution in [0.5, 0.6) is 0 Å². The molecule has 25 heavy (non-hydrogen) atoms.